The third-order valence-electron chi connectivity index (χ3n) is 1.73. The van der Waals surface area contributed by atoms with Crippen molar-refractivity contribution in [1.29, 1.82) is 0 Å². The molecule has 0 radical (unpaired) electrons. The highest BCUT2D eigenvalue weighted by atomic mass is 14.6. The van der Waals surface area contributed by atoms with E-state index in [-0.39, 0.29) is 0 Å². The molecule has 1 nitrogen and oxygen atoms in total. The second-order valence-electron chi connectivity index (χ2n) is 2.72. The molecule has 0 unspecified atom stereocenters. The molecular formula is C11H13N. The minimum atomic E-state index is 1.13. The zero-order valence-electron chi connectivity index (χ0n) is 7.54. The normalized spacial score (nSPS) is 10.5. The third-order valence-corrected chi connectivity index (χ3v) is 1.73. The van der Waals surface area contributed by atoms with Gasteiger partial charge in [0.1, 0.15) is 0 Å². The highest BCUT2D eigenvalue weighted by Gasteiger charge is 1.95. The molecule has 0 aliphatic carbocycles. The van der Waals surface area contributed by atoms with Crippen molar-refractivity contribution >= 4 is 12.3 Å². The standard InChI is InChI=1S/C11H13N/c1-4-10-6-5-9(2)7-11(10)8-12-3/h4-8H,1H2,2-3H3. The number of aliphatic imine (C=N–C) groups is 1. The number of hydrogen-bond acceptors (Lipinski definition) is 1. The molecule has 0 aliphatic heterocycles. The molecule has 62 valence electrons. The van der Waals surface area contributed by atoms with Gasteiger partial charge in [0.2, 0.25) is 0 Å². The number of aryl methyl sites for hydroxylation is 1. The Morgan fingerprint density at radius 2 is 2.08 bits per heavy atom. The summed E-state index contributed by atoms with van der Waals surface area (Å²) < 4.78 is 0. The molecule has 0 saturated heterocycles. The van der Waals surface area contributed by atoms with E-state index >= 15 is 0 Å². The lowest BCUT2D eigenvalue weighted by molar-refractivity contribution is 1.42. The molecule has 0 aromatic heterocycles. The van der Waals surface area contributed by atoms with E-state index in [9.17, 15) is 0 Å². The van der Waals surface area contributed by atoms with E-state index in [0.29, 0.717) is 0 Å². The zero-order chi connectivity index (χ0) is 8.97. The quantitative estimate of drug-likeness (QED) is 0.588. The van der Waals surface area contributed by atoms with Crippen LogP contribution in [0.2, 0.25) is 0 Å². The molecule has 0 amide bonds. The van der Waals surface area contributed by atoms with Gasteiger partial charge in [-0.3, -0.25) is 4.99 Å². The van der Waals surface area contributed by atoms with E-state index in [1.807, 2.05) is 12.3 Å². The molecule has 0 saturated carbocycles. The van der Waals surface area contributed by atoms with Crippen molar-refractivity contribution in [3.05, 3.63) is 41.5 Å². The Labute approximate surface area is 73.5 Å². The lowest BCUT2D eigenvalue weighted by Gasteiger charge is -2.00. The lowest BCUT2D eigenvalue weighted by Crippen LogP contribution is -1.87. The maximum atomic E-state index is 3.98. The van der Waals surface area contributed by atoms with Crippen molar-refractivity contribution in [2.75, 3.05) is 7.05 Å². The second-order valence-corrected chi connectivity index (χ2v) is 2.72. The first-order chi connectivity index (χ1) is 5.77. The monoisotopic (exact) mass is 159 g/mol. The van der Waals surface area contributed by atoms with Crippen LogP contribution in [0.4, 0.5) is 0 Å². The van der Waals surface area contributed by atoms with Gasteiger partial charge in [0.25, 0.3) is 0 Å². The topological polar surface area (TPSA) is 12.4 Å². The molecule has 0 aliphatic rings. The van der Waals surface area contributed by atoms with Crippen molar-refractivity contribution in [1.82, 2.24) is 0 Å². The van der Waals surface area contributed by atoms with E-state index < -0.39 is 0 Å². The Kier molecular flexibility index (Phi) is 2.81. The first-order valence-electron chi connectivity index (χ1n) is 3.93. The van der Waals surface area contributed by atoms with Crippen LogP contribution in [0.25, 0.3) is 6.08 Å². The van der Waals surface area contributed by atoms with Gasteiger partial charge in [-0.15, -0.1) is 0 Å². The summed E-state index contributed by atoms with van der Waals surface area (Å²) in [7, 11) is 1.77. The molecule has 12 heavy (non-hydrogen) atoms. The molecule has 1 aromatic rings. The average Bonchev–Trinajstić information content (AvgIpc) is 2.05. The minimum absolute atomic E-state index is 1.13. The van der Waals surface area contributed by atoms with Crippen molar-refractivity contribution < 1.29 is 0 Å². The summed E-state index contributed by atoms with van der Waals surface area (Å²) >= 11 is 0. The van der Waals surface area contributed by atoms with Crippen LogP contribution in [0, 0.1) is 6.92 Å². The van der Waals surface area contributed by atoms with E-state index in [1.54, 1.807) is 7.05 Å². The van der Waals surface area contributed by atoms with Crippen LogP contribution in [0.15, 0.2) is 29.8 Å². The number of nitrogens with zero attached hydrogens (tertiary/aromatic N) is 1. The summed E-state index contributed by atoms with van der Waals surface area (Å²) in [6.45, 7) is 5.81. The first-order valence-corrected chi connectivity index (χ1v) is 3.93. The molecule has 0 spiro atoms. The molecular weight excluding hydrogens is 146 g/mol. The Hall–Kier alpha value is -1.37. The fourth-order valence-electron chi connectivity index (χ4n) is 1.13. The van der Waals surface area contributed by atoms with Crippen molar-refractivity contribution in [2.24, 2.45) is 4.99 Å². The first kappa shape index (κ1) is 8.72. The van der Waals surface area contributed by atoms with Crippen LogP contribution in [-0.4, -0.2) is 13.3 Å². The summed E-state index contributed by atoms with van der Waals surface area (Å²) in [5.41, 5.74) is 3.51. The van der Waals surface area contributed by atoms with Gasteiger partial charge >= 0.3 is 0 Å². The van der Waals surface area contributed by atoms with E-state index in [2.05, 4.69) is 36.7 Å². The van der Waals surface area contributed by atoms with Crippen LogP contribution in [0.5, 0.6) is 0 Å². The summed E-state index contributed by atoms with van der Waals surface area (Å²) in [5, 5.41) is 0. The van der Waals surface area contributed by atoms with Gasteiger partial charge in [-0.25, -0.2) is 0 Å². The smallest absolute Gasteiger partial charge is 0.0287 e. The molecule has 0 heterocycles. The largest absolute Gasteiger partial charge is 0.296 e. The predicted octanol–water partition coefficient (Wildman–Crippen LogP) is 2.69. The third kappa shape index (κ3) is 1.82. The van der Waals surface area contributed by atoms with Crippen molar-refractivity contribution in [3.63, 3.8) is 0 Å². The highest BCUT2D eigenvalue weighted by molar-refractivity contribution is 5.85. The Balaban J connectivity index is 3.20. The Bertz CT molecular complexity index is 311. The van der Waals surface area contributed by atoms with Gasteiger partial charge in [-0.2, -0.15) is 0 Å². The summed E-state index contributed by atoms with van der Waals surface area (Å²) in [5.74, 6) is 0. The molecule has 1 aromatic carbocycles. The number of benzene rings is 1. The Morgan fingerprint density at radius 1 is 1.33 bits per heavy atom. The van der Waals surface area contributed by atoms with Gasteiger partial charge in [0.05, 0.1) is 0 Å². The molecule has 1 heteroatoms. The minimum Gasteiger partial charge on any atom is -0.296 e. The predicted molar refractivity (Wildman–Crippen MR) is 54.8 cm³/mol. The van der Waals surface area contributed by atoms with Gasteiger partial charge < -0.3 is 0 Å². The molecule has 1 rings (SSSR count). The highest BCUT2D eigenvalue weighted by Crippen LogP contribution is 2.10. The van der Waals surface area contributed by atoms with Crippen LogP contribution in [0.3, 0.4) is 0 Å². The molecule has 0 fully saturated rings. The second kappa shape index (κ2) is 3.86. The SMILES string of the molecule is C=Cc1ccc(C)cc1C=NC. The summed E-state index contributed by atoms with van der Waals surface area (Å²) in [4.78, 5) is 3.98. The summed E-state index contributed by atoms with van der Waals surface area (Å²) in [6, 6.07) is 6.23. The van der Waals surface area contributed by atoms with Gasteiger partial charge in [0.15, 0.2) is 0 Å². The zero-order valence-corrected chi connectivity index (χ0v) is 7.54. The van der Waals surface area contributed by atoms with Crippen LogP contribution < -0.4 is 0 Å². The molecule has 0 N–H and O–H groups in total. The molecule has 0 bridgehead atoms. The number of rotatable bonds is 2. The van der Waals surface area contributed by atoms with Gasteiger partial charge in [-0.1, -0.05) is 30.4 Å². The number of hydrogen-bond donors (Lipinski definition) is 0. The van der Waals surface area contributed by atoms with Crippen LogP contribution in [0.1, 0.15) is 16.7 Å². The van der Waals surface area contributed by atoms with Crippen molar-refractivity contribution in [2.45, 2.75) is 6.92 Å². The van der Waals surface area contributed by atoms with Crippen molar-refractivity contribution in [3.8, 4) is 0 Å². The summed E-state index contributed by atoms with van der Waals surface area (Å²) in [6.07, 6.45) is 3.69. The fraction of sp³-hybridized carbons (Fsp3) is 0.182. The van der Waals surface area contributed by atoms with Gasteiger partial charge in [0, 0.05) is 13.3 Å². The van der Waals surface area contributed by atoms with E-state index in [1.165, 1.54) is 5.56 Å². The van der Waals surface area contributed by atoms with Crippen LogP contribution >= 0.6 is 0 Å². The fourth-order valence-corrected chi connectivity index (χ4v) is 1.13. The van der Waals surface area contributed by atoms with Crippen LogP contribution in [-0.2, 0) is 0 Å². The van der Waals surface area contributed by atoms with Gasteiger partial charge in [-0.05, 0) is 24.1 Å². The van der Waals surface area contributed by atoms with E-state index in [0.717, 1.165) is 11.1 Å². The maximum absolute atomic E-state index is 3.98. The van der Waals surface area contributed by atoms with E-state index in [4.69, 9.17) is 0 Å². The lowest BCUT2D eigenvalue weighted by atomic mass is 10.1. The maximum Gasteiger partial charge on any atom is 0.0287 e. The average molecular weight is 159 g/mol. The molecule has 0 atom stereocenters. The Morgan fingerprint density at radius 3 is 2.67 bits per heavy atom.